The summed E-state index contributed by atoms with van der Waals surface area (Å²) in [6.45, 7) is 6.06. The molecule has 3 aromatic rings. The number of H-pyrrole nitrogens is 1. The maximum Gasteiger partial charge on any atom is 0.273 e. The van der Waals surface area contributed by atoms with E-state index in [1.165, 1.54) is 7.11 Å². The van der Waals surface area contributed by atoms with Crippen molar-refractivity contribution in [3.8, 4) is 34.3 Å². The van der Waals surface area contributed by atoms with Crippen LogP contribution in [0.5, 0.6) is 23.0 Å². The van der Waals surface area contributed by atoms with Gasteiger partial charge in [-0.2, -0.15) is 5.10 Å². The summed E-state index contributed by atoms with van der Waals surface area (Å²) < 4.78 is 16.5. The Morgan fingerprint density at radius 1 is 1.16 bits per heavy atom. The quantitative estimate of drug-likeness (QED) is 0.547. The van der Waals surface area contributed by atoms with Crippen LogP contribution in [0.3, 0.4) is 0 Å². The summed E-state index contributed by atoms with van der Waals surface area (Å²) in [7, 11) is 4.62. The fourth-order valence-electron chi connectivity index (χ4n) is 4.17. The normalized spacial score (nSPS) is 14.9. The van der Waals surface area contributed by atoms with Crippen molar-refractivity contribution in [2.75, 3.05) is 27.9 Å². The van der Waals surface area contributed by atoms with Gasteiger partial charge in [0, 0.05) is 17.7 Å². The summed E-state index contributed by atoms with van der Waals surface area (Å²) >= 11 is 0. The van der Waals surface area contributed by atoms with E-state index in [1.807, 2.05) is 31.2 Å². The molecular formula is C24H25N3O5. The van der Waals surface area contributed by atoms with Gasteiger partial charge in [-0.25, -0.2) is 0 Å². The fourth-order valence-corrected chi connectivity index (χ4v) is 4.17. The van der Waals surface area contributed by atoms with Gasteiger partial charge >= 0.3 is 0 Å². The van der Waals surface area contributed by atoms with Crippen LogP contribution in [0.25, 0.3) is 11.3 Å². The summed E-state index contributed by atoms with van der Waals surface area (Å²) in [5.41, 5.74) is 3.83. The van der Waals surface area contributed by atoms with Gasteiger partial charge in [-0.3, -0.25) is 9.89 Å². The molecule has 166 valence electrons. The number of aromatic nitrogens is 2. The Morgan fingerprint density at radius 3 is 2.44 bits per heavy atom. The summed E-state index contributed by atoms with van der Waals surface area (Å²) in [6.07, 6.45) is 1.67. The molecule has 1 aromatic heterocycles. The number of nitrogens with one attached hydrogen (secondary N) is 1. The van der Waals surface area contributed by atoms with E-state index in [4.69, 9.17) is 14.2 Å². The summed E-state index contributed by atoms with van der Waals surface area (Å²) in [5.74, 6) is 1.30. The molecule has 0 bridgehead atoms. The minimum Gasteiger partial charge on any atom is -0.507 e. The number of phenols is 1. The molecule has 2 aromatic carbocycles. The number of aromatic hydroxyl groups is 1. The number of ether oxygens (including phenoxy) is 3. The first kappa shape index (κ1) is 21.3. The van der Waals surface area contributed by atoms with E-state index in [-0.39, 0.29) is 11.7 Å². The largest absolute Gasteiger partial charge is 0.507 e. The first-order chi connectivity index (χ1) is 15.4. The highest BCUT2D eigenvalue weighted by Gasteiger charge is 2.42. The van der Waals surface area contributed by atoms with Crippen LogP contribution in [-0.4, -0.2) is 54.0 Å². The average molecular weight is 435 g/mol. The number of carbonyl (C=O) groups excluding carboxylic acids is 1. The molecule has 0 radical (unpaired) electrons. The number of amides is 1. The van der Waals surface area contributed by atoms with Crippen LogP contribution in [0.15, 0.2) is 43.0 Å². The highest BCUT2D eigenvalue weighted by molar-refractivity contribution is 6.00. The molecule has 8 heteroatoms. The van der Waals surface area contributed by atoms with Gasteiger partial charge in [-0.15, -0.1) is 6.58 Å². The lowest BCUT2D eigenvalue weighted by Gasteiger charge is -2.26. The zero-order valence-corrected chi connectivity index (χ0v) is 18.4. The SMILES string of the molecule is C=CCN1C(=O)c2[nH]nc(-c3cc(C)ccc3O)c2C1c1cc(OC)c(OC)c(OC)c1. The maximum absolute atomic E-state index is 13.3. The number of hydrogen-bond donors (Lipinski definition) is 2. The molecule has 1 aliphatic rings. The molecule has 4 rings (SSSR count). The van der Waals surface area contributed by atoms with Crippen molar-refractivity contribution < 1.29 is 24.1 Å². The number of hydrogen-bond acceptors (Lipinski definition) is 6. The Kier molecular flexibility index (Phi) is 5.52. The van der Waals surface area contributed by atoms with Gasteiger partial charge in [0.1, 0.15) is 17.1 Å². The van der Waals surface area contributed by atoms with Crippen LogP contribution in [0, 0.1) is 6.92 Å². The Balaban J connectivity index is 1.97. The predicted octanol–water partition coefficient (Wildman–Crippen LogP) is 3.85. The van der Waals surface area contributed by atoms with Gasteiger partial charge in [0.25, 0.3) is 5.91 Å². The molecule has 0 aliphatic carbocycles. The van der Waals surface area contributed by atoms with Crippen LogP contribution >= 0.6 is 0 Å². The van der Waals surface area contributed by atoms with Crippen LogP contribution in [0.4, 0.5) is 0 Å². The van der Waals surface area contributed by atoms with E-state index in [0.29, 0.717) is 46.3 Å². The minimum absolute atomic E-state index is 0.0863. The van der Waals surface area contributed by atoms with Crippen LogP contribution in [-0.2, 0) is 0 Å². The molecular weight excluding hydrogens is 410 g/mol. The van der Waals surface area contributed by atoms with E-state index in [9.17, 15) is 9.90 Å². The lowest BCUT2D eigenvalue weighted by molar-refractivity contribution is 0.0764. The van der Waals surface area contributed by atoms with Gasteiger partial charge < -0.3 is 24.2 Å². The van der Waals surface area contributed by atoms with Crippen molar-refractivity contribution in [1.82, 2.24) is 15.1 Å². The molecule has 0 fully saturated rings. The number of fused-ring (bicyclic) bond motifs is 1. The lowest BCUT2D eigenvalue weighted by atomic mass is 9.94. The Bertz CT molecular complexity index is 1180. The summed E-state index contributed by atoms with van der Waals surface area (Å²) in [6, 6.07) is 8.42. The summed E-state index contributed by atoms with van der Waals surface area (Å²) in [4.78, 5) is 14.9. The molecule has 8 nitrogen and oxygen atoms in total. The van der Waals surface area contributed by atoms with E-state index in [2.05, 4.69) is 16.8 Å². The Labute approximate surface area is 186 Å². The van der Waals surface area contributed by atoms with Gasteiger partial charge in [0.15, 0.2) is 11.5 Å². The molecule has 1 unspecified atom stereocenters. The van der Waals surface area contributed by atoms with Crippen molar-refractivity contribution in [3.05, 3.63) is 65.4 Å². The predicted molar refractivity (Wildman–Crippen MR) is 120 cm³/mol. The van der Waals surface area contributed by atoms with Gasteiger partial charge in [0.05, 0.1) is 27.4 Å². The first-order valence-electron chi connectivity index (χ1n) is 10.0. The average Bonchev–Trinajstić information content (AvgIpc) is 3.34. The number of methoxy groups -OCH3 is 3. The van der Waals surface area contributed by atoms with Gasteiger partial charge in [-0.1, -0.05) is 17.7 Å². The van der Waals surface area contributed by atoms with Crippen LogP contribution in [0.1, 0.15) is 33.2 Å². The molecule has 0 saturated carbocycles. The smallest absolute Gasteiger partial charge is 0.273 e. The number of rotatable bonds is 7. The topological polar surface area (TPSA) is 96.9 Å². The second-order valence-corrected chi connectivity index (χ2v) is 7.49. The standard InChI is InChI=1S/C24H25N3O5/c1-6-9-27-22(14-11-17(30-3)23(32-5)18(12-14)31-4)19-20(25-26-21(19)24(27)29)15-10-13(2)7-8-16(15)28/h6-8,10-12,22,28H,1,9H2,2-5H3,(H,25,26). The molecule has 0 saturated heterocycles. The van der Waals surface area contributed by atoms with Crippen molar-refractivity contribution in [2.45, 2.75) is 13.0 Å². The molecule has 0 spiro atoms. The van der Waals surface area contributed by atoms with E-state index < -0.39 is 6.04 Å². The van der Waals surface area contributed by atoms with Crippen molar-refractivity contribution in [3.63, 3.8) is 0 Å². The highest BCUT2D eigenvalue weighted by atomic mass is 16.5. The third kappa shape index (κ3) is 3.24. The van der Waals surface area contributed by atoms with Gasteiger partial charge in [0.2, 0.25) is 5.75 Å². The van der Waals surface area contributed by atoms with Crippen molar-refractivity contribution >= 4 is 5.91 Å². The first-order valence-corrected chi connectivity index (χ1v) is 10.0. The van der Waals surface area contributed by atoms with E-state index in [1.54, 1.807) is 31.3 Å². The number of aryl methyl sites for hydroxylation is 1. The zero-order valence-electron chi connectivity index (χ0n) is 18.4. The highest BCUT2D eigenvalue weighted by Crippen LogP contribution is 2.48. The van der Waals surface area contributed by atoms with Crippen molar-refractivity contribution in [1.29, 1.82) is 0 Å². The minimum atomic E-state index is -0.502. The summed E-state index contributed by atoms with van der Waals surface area (Å²) in [5, 5.41) is 17.8. The third-order valence-corrected chi connectivity index (χ3v) is 5.60. The second-order valence-electron chi connectivity index (χ2n) is 7.49. The number of phenolic OH excluding ortho intramolecular Hbond substituents is 1. The number of benzene rings is 2. The molecule has 1 atom stereocenters. The van der Waals surface area contributed by atoms with E-state index in [0.717, 1.165) is 11.1 Å². The Hall–Kier alpha value is -3.94. The molecule has 2 heterocycles. The molecule has 1 amide bonds. The zero-order chi connectivity index (χ0) is 23.0. The maximum atomic E-state index is 13.3. The second kappa shape index (κ2) is 8.30. The number of aromatic amines is 1. The fraction of sp³-hybridized carbons (Fsp3) is 0.250. The molecule has 1 aliphatic heterocycles. The number of nitrogens with zero attached hydrogens (tertiary/aromatic N) is 2. The monoisotopic (exact) mass is 435 g/mol. The lowest BCUT2D eigenvalue weighted by Crippen LogP contribution is -2.29. The molecule has 32 heavy (non-hydrogen) atoms. The third-order valence-electron chi connectivity index (χ3n) is 5.60. The number of carbonyl (C=O) groups is 1. The molecule has 2 N–H and O–H groups in total. The van der Waals surface area contributed by atoms with Crippen LogP contribution in [0.2, 0.25) is 0 Å². The van der Waals surface area contributed by atoms with Gasteiger partial charge in [-0.05, 0) is 36.8 Å². The van der Waals surface area contributed by atoms with Crippen LogP contribution < -0.4 is 14.2 Å². The van der Waals surface area contributed by atoms with Crippen molar-refractivity contribution in [2.24, 2.45) is 0 Å². The Morgan fingerprint density at radius 2 is 1.84 bits per heavy atom. The van der Waals surface area contributed by atoms with E-state index >= 15 is 0 Å².